The van der Waals surface area contributed by atoms with E-state index in [2.05, 4.69) is 25.8 Å². The van der Waals surface area contributed by atoms with E-state index in [1.165, 1.54) is 16.6 Å². The number of carbonyl (C=O) groups is 2. The van der Waals surface area contributed by atoms with Crippen molar-refractivity contribution in [2.75, 3.05) is 5.75 Å². The Bertz CT molecular complexity index is 624. The van der Waals surface area contributed by atoms with Crippen LogP contribution in [-0.2, 0) is 11.2 Å². The molecule has 0 fully saturated rings. The number of thioether (sulfide) groups is 1. The highest BCUT2D eigenvalue weighted by Gasteiger charge is 2.11. The molecular weight excluding hydrogens is 322 g/mol. The number of aromatic amines is 1. The van der Waals surface area contributed by atoms with E-state index in [-0.39, 0.29) is 17.7 Å². The monoisotopic (exact) mass is 339 g/mol. The minimum atomic E-state index is -0.492. The number of hydrogen-bond donors (Lipinski definition) is 3. The Labute approximate surface area is 136 Å². The van der Waals surface area contributed by atoms with Crippen molar-refractivity contribution in [3.05, 3.63) is 28.2 Å². The Morgan fingerprint density at radius 3 is 2.95 bits per heavy atom. The number of urea groups is 1. The van der Waals surface area contributed by atoms with Gasteiger partial charge in [-0.1, -0.05) is 17.8 Å². The first-order valence-corrected chi connectivity index (χ1v) is 8.56. The van der Waals surface area contributed by atoms with E-state index in [1.54, 1.807) is 11.3 Å². The predicted octanol–water partition coefficient (Wildman–Crippen LogP) is 1.78. The highest BCUT2D eigenvalue weighted by atomic mass is 32.2. The van der Waals surface area contributed by atoms with Gasteiger partial charge in [-0.05, 0) is 25.3 Å². The van der Waals surface area contributed by atoms with Crippen LogP contribution in [0.4, 0.5) is 4.79 Å². The Morgan fingerprint density at radius 1 is 1.45 bits per heavy atom. The summed E-state index contributed by atoms with van der Waals surface area (Å²) >= 11 is 2.83. The summed E-state index contributed by atoms with van der Waals surface area (Å²) in [4.78, 5) is 28.5. The molecule has 22 heavy (non-hydrogen) atoms. The number of H-pyrrole nitrogens is 1. The molecule has 0 aliphatic carbocycles. The lowest BCUT2D eigenvalue weighted by molar-refractivity contribution is -0.117. The van der Waals surface area contributed by atoms with Gasteiger partial charge in [0, 0.05) is 17.3 Å². The molecule has 2 aromatic rings. The maximum absolute atomic E-state index is 11.6. The number of rotatable bonds is 6. The first kappa shape index (κ1) is 16.5. The predicted molar refractivity (Wildman–Crippen MR) is 86.0 cm³/mol. The lowest BCUT2D eigenvalue weighted by Gasteiger charge is -2.08. The highest BCUT2D eigenvalue weighted by molar-refractivity contribution is 7.99. The molecule has 3 amide bonds. The van der Waals surface area contributed by atoms with E-state index in [4.69, 9.17) is 0 Å². The van der Waals surface area contributed by atoms with Crippen molar-refractivity contribution in [1.82, 2.24) is 25.8 Å². The average Bonchev–Trinajstić information content (AvgIpc) is 3.07. The molecule has 2 rings (SSSR count). The fourth-order valence-corrected chi connectivity index (χ4v) is 2.92. The van der Waals surface area contributed by atoms with Crippen LogP contribution in [0.5, 0.6) is 0 Å². The summed E-state index contributed by atoms with van der Waals surface area (Å²) in [5.41, 5.74) is 0. The topological polar surface area (TPSA) is 99.8 Å². The third-order valence-electron chi connectivity index (χ3n) is 2.44. The summed E-state index contributed by atoms with van der Waals surface area (Å²) < 4.78 is 0. The normalized spacial score (nSPS) is 10.7. The molecule has 2 aromatic heterocycles. The molecule has 0 aliphatic rings. The summed E-state index contributed by atoms with van der Waals surface area (Å²) in [5.74, 6) is 0.456. The average molecular weight is 339 g/mol. The van der Waals surface area contributed by atoms with E-state index < -0.39 is 6.03 Å². The molecule has 0 spiro atoms. The van der Waals surface area contributed by atoms with Crippen LogP contribution in [-0.4, -0.2) is 38.9 Å². The third kappa shape index (κ3) is 5.49. The molecule has 118 valence electrons. The second-order valence-electron chi connectivity index (χ2n) is 4.79. The lowest BCUT2D eigenvalue weighted by atomic mass is 10.3. The van der Waals surface area contributed by atoms with Crippen molar-refractivity contribution in [3.63, 3.8) is 0 Å². The van der Waals surface area contributed by atoms with Gasteiger partial charge in [0.2, 0.25) is 11.1 Å². The van der Waals surface area contributed by atoms with E-state index in [0.717, 1.165) is 5.82 Å². The quantitative estimate of drug-likeness (QED) is 0.697. The molecule has 7 nitrogen and oxygen atoms in total. The van der Waals surface area contributed by atoms with Gasteiger partial charge in [0.15, 0.2) is 0 Å². The number of nitrogens with one attached hydrogen (secondary N) is 3. The fourth-order valence-electron chi connectivity index (χ4n) is 1.59. The molecule has 0 aromatic carbocycles. The number of hydrogen-bond acceptors (Lipinski definition) is 6. The standard InChI is InChI=1S/C13H17N5O2S2/c1-8(2)14-12(20)16-11(19)7-22-13-15-10(17-18-13)6-9-4-3-5-21-9/h3-5,8H,6-7H2,1-2H3,(H,15,17,18)(H2,14,16,19,20). The van der Waals surface area contributed by atoms with E-state index >= 15 is 0 Å². The van der Waals surface area contributed by atoms with E-state index in [0.29, 0.717) is 11.6 Å². The molecule has 0 unspecified atom stereocenters. The highest BCUT2D eigenvalue weighted by Crippen LogP contribution is 2.15. The van der Waals surface area contributed by atoms with E-state index in [9.17, 15) is 9.59 Å². The van der Waals surface area contributed by atoms with Gasteiger partial charge < -0.3 is 5.32 Å². The van der Waals surface area contributed by atoms with Crippen LogP contribution in [0, 0.1) is 0 Å². The Hall–Kier alpha value is -1.87. The second-order valence-corrected chi connectivity index (χ2v) is 6.76. The van der Waals surface area contributed by atoms with Gasteiger partial charge in [-0.3, -0.25) is 15.2 Å². The molecule has 0 saturated carbocycles. The minimum absolute atomic E-state index is 0.0201. The number of imide groups is 1. The lowest BCUT2D eigenvalue weighted by Crippen LogP contribution is -2.43. The zero-order chi connectivity index (χ0) is 15.9. The van der Waals surface area contributed by atoms with Crippen LogP contribution >= 0.6 is 23.1 Å². The molecule has 0 radical (unpaired) electrons. The smallest absolute Gasteiger partial charge is 0.321 e. The molecule has 3 N–H and O–H groups in total. The van der Waals surface area contributed by atoms with Crippen LogP contribution in [0.15, 0.2) is 22.7 Å². The van der Waals surface area contributed by atoms with Gasteiger partial charge in [-0.15, -0.1) is 16.4 Å². The van der Waals surface area contributed by atoms with Gasteiger partial charge >= 0.3 is 6.03 Å². The number of carbonyl (C=O) groups excluding carboxylic acids is 2. The van der Waals surface area contributed by atoms with Crippen molar-refractivity contribution in [2.45, 2.75) is 31.5 Å². The van der Waals surface area contributed by atoms with Crippen molar-refractivity contribution in [2.24, 2.45) is 0 Å². The fraction of sp³-hybridized carbons (Fsp3) is 0.385. The number of aromatic nitrogens is 3. The third-order valence-corrected chi connectivity index (χ3v) is 4.16. The molecule has 0 atom stereocenters. The van der Waals surface area contributed by atoms with E-state index in [1.807, 2.05) is 31.4 Å². The first-order chi connectivity index (χ1) is 10.5. The number of amides is 3. The van der Waals surface area contributed by atoms with Crippen LogP contribution in [0.25, 0.3) is 0 Å². The Balaban J connectivity index is 1.76. The van der Waals surface area contributed by atoms with Gasteiger partial charge in [0.25, 0.3) is 0 Å². The van der Waals surface area contributed by atoms with Crippen LogP contribution in [0.1, 0.15) is 24.5 Å². The molecule has 0 saturated heterocycles. The van der Waals surface area contributed by atoms with Gasteiger partial charge in [-0.25, -0.2) is 9.78 Å². The molecular formula is C13H17N5O2S2. The summed E-state index contributed by atoms with van der Waals surface area (Å²) in [6, 6.07) is 3.50. The molecule has 0 bridgehead atoms. The maximum atomic E-state index is 11.6. The summed E-state index contributed by atoms with van der Waals surface area (Å²) in [5, 5.41) is 14.2. The number of nitrogens with zero attached hydrogens (tertiary/aromatic N) is 2. The zero-order valence-corrected chi connectivity index (χ0v) is 13.9. The van der Waals surface area contributed by atoms with Crippen molar-refractivity contribution >= 4 is 35.0 Å². The van der Waals surface area contributed by atoms with Gasteiger partial charge in [-0.2, -0.15) is 0 Å². The zero-order valence-electron chi connectivity index (χ0n) is 12.3. The van der Waals surface area contributed by atoms with Gasteiger partial charge in [0.1, 0.15) is 5.82 Å². The Kier molecular flexibility index (Phi) is 5.96. The molecule has 9 heteroatoms. The van der Waals surface area contributed by atoms with Crippen molar-refractivity contribution in [1.29, 1.82) is 0 Å². The van der Waals surface area contributed by atoms with Gasteiger partial charge in [0.05, 0.1) is 5.75 Å². The van der Waals surface area contributed by atoms with Crippen LogP contribution < -0.4 is 10.6 Å². The molecule has 0 aliphatic heterocycles. The van der Waals surface area contributed by atoms with Crippen LogP contribution in [0.2, 0.25) is 0 Å². The number of thiophene rings is 1. The van der Waals surface area contributed by atoms with Crippen molar-refractivity contribution < 1.29 is 9.59 Å². The summed E-state index contributed by atoms with van der Waals surface area (Å²) in [6.07, 6.45) is 0.689. The Morgan fingerprint density at radius 2 is 2.27 bits per heavy atom. The second kappa shape index (κ2) is 7.95. The molecule has 2 heterocycles. The van der Waals surface area contributed by atoms with Crippen LogP contribution in [0.3, 0.4) is 0 Å². The summed E-state index contributed by atoms with van der Waals surface area (Å²) in [7, 11) is 0. The summed E-state index contributed by atoms with van der Waals surface area (Å²) in [6.45, 7) is 3.64. The largest absolute Gasteiger partial charge is 0.336 e. The SMILES string of the molecule is CC(C)NC(=O)NC(=O)CSc1n[nH]c(Cc2cccs2)n1. The first-order valence-electron chi connectivity index (χ1n) is 6.69. The van der Waals surface area contributed by atoms with Crippen molar-refractivity contribution in [3.8, 4) is 0 Å². The maximum Gasteiger partial charge on any atom is 0.321 e. The minimum Gasteiger partial charge on any atom is -0.336 e.